The molecule has 7 nitrogen and oxygen atoms in total. The number of carbonyl (C=O) groups excluding carboxylic acids is 1. The molecule has 1 atom stereocenters. The second kappa shape index (κ2) is 6.72. The van der Waals surface area contributed by atoms with Gasteiger partial charge >= 0.3 is 0 Å². The third-order valence-electron chi connectivity index (χ3n) is 5.67. The van der Waals surface area contributed by atoms with Crippen LogP contribution in [0.4, 0.5) is 0 Å². The Morgan fingerprint density at radius 1 is 1.35 bits per heavy atom. The van der Waals surface area contributed by atoms with Gasteiger partial charge in [-0.05, 0) is 38.4 Å². The Bertz CT molecular complexity index is 769. The predicted molar refractivity (Wildman–Crippen MR) is 96.9 cm³/mol. The Morgan fingerprint density at radius 3 is 2.88 bits per heavy atom. The number of piperidine rings is 1. The SMILES string of the molecule is CN1CC[C@@H](COc2ccccn2)CC12CN(C(=O)c1cnn(C)c1)C2. The molecular weight excluding hydrogens is 330 g/mol. The second-order valence-corrected chi connectivity index (χ2v) is 7.55. The molecule has 0 bridgehead atoms. The molecule has 2 saturated heterocycles. The molecule has 1 spiro atoms. The maximum absolute atomic E-state index is 12.6. The standard InChI is InChI=1S/C19H25N5O2/c1-22-8-6-15(12-26-17-5-3-4-7-20-17)9-19(22)13-24(14-19)18(25)16-10-21-23(2)11-16/h3-5,7,10-11,15H,6,8-9,12-14H2,1-2H3/t15-/m1/s1. The van der Waals surface area contributed by atoms with Crippen LogP contribution in [-0.4, -0.2) is 69.3 Å². The number of hydrogen-bond acceptors (Lipinski definition) is 5. The number of amides is 1. The smallest absolute Gasteiger partial charge is 0.257 e. The van der Waals surface area contributed by atoms with E-state index >= 15 is 0 Å². The van der Waals surface area contributed by atoms with Gasteiger partial charge in [-0.15, -0.1) is 0 Å². The number of hydrogen-bond donors (Lipinski definition) is 0. The lowest BCUT2D eigenvalue weighted by atomic mass is 9.75. The summed E-state index contributed by atoms with van der Waals surface area (Å²) in [5.74, 6) is 1.25. The van der Waals surface area contributed by atoms with Gasteiger partial charge in [0.15, 0.2) is 0 Å². The van der Waals surface area contributed by atoms with E-state index in [2.05, 4.69) is 22.0 Å². The van der Waals surface area contributed by atoms with Gasteiger partial charge in [0.05, 0.1) is 23.9 Å². The zero-order chi connectivity index (χ0) is 18.1. The summed E-state index contributed by atoms with van der Waals surface area (Å²) in [5.41, 5.74) is 0.740. The molecule has 2 fully saturated rings. The molecule has 1 amide bonds. The van der Waals surface area contributed by atoms with E-state index in [0.29, 0.717) is 24.0 Å². The second-order valence-electron chi connectivity index (χ2n) is 7.55. The van der Waals surface area contributed by atoms with E-state index in [1.165, 1.54) is 0 Å². The molecule has 0 aliphatic carbocycles. The zero-order valence-corrected chi connectivity index (χ0v) is 15.3. The predicted octanol–water partition coefficient (Wildman–Crippen LogP) is 1.43. The van der Waals surface area contributed by atoms with Crippen LogP contribution in [0.1, 0.15) is 23.2 Å². The highest BCUT2D eigenvalue weighted by Crippen LogP contribution is 2.38. The van der Waals surface area contributed by atoms with E-state index in [4.69, 9.17) is 4.74 Å². The molecule has 138 valence electrons. The summed E-state index contributed by atoms with van der Waals surface area (Å²) in [4.78, 5) is 21.2. The summed E-state index contributed by atoms with van der Waals surface area (Å²) in [6.45, 7) is 3.27. The van der Waals surface area contributed by atoms with E-state index in [9.17, 15) is 4.79 Å². The molecular formula is C19H25N5O2. The fourth-order valence-electron chi connectivity index (χ4n) is 4.08. The average Bonchev–Trinajstić information content (AvgIpc) is 3.06. The molecule has 0 saturated carbocycles. The number of nitrogens with zero attached hydrogens (tertiary/aromatic N) is 5. The lowest BCUT2D eigenvalue weighted by molar-refractivity contribution is -0.0695. The highest BCUT2D eigenvalue weighted by atomic mass is 16.5. The Labute approximate surface area is 153 Å². The third-order valence-corrected chi connectivity index (χ3v) is 5.67. The van der Waals surface area contributed by atoms with Crippen LogP contribution in [0.3, 0.4) is 0 Å². The number of ether oxygens (including phenoxy) is 1. The first-order chi connectivity index (χ1) is 12.6. The molecule has 0 radical (unpaired) electrons. The van der Waals surface area contributed by atoms with Gasteiger partial charge in [-0.3, -0.25) is 14.4 Å². The van der Waals surface area contributed by atoms with E-state index in [-0.39, 0.29) is 11.4 Å². The molecule has 4 heterocycles. The number of carbonyl (C=O) groups is 1. The van der Waals surface area contributed by atoms with Crippen molar-refractivity contribution >= 4 is 5.91 Å². The molecule has 2 aliphatic heterocycles. The van der Waals surface area contributed by atoms with Gasteiger partial charge in [-0.2, -0.15) is 5.10 Å². The van der Waals surface area contributed by atoms with Gasteiger partial charge in [-0.25, -0.2) is 4.98 Å². The number of rotatable bonds is 4. The minimum Gasteiger partial charge on any atom is -0.477 e. The Balaban J connectivity index is 1.35. The molecule has 0 aromatic carbocycles. The summed E-state index contributed by atoms with van der Waals surface area (Å²) in [5, 5.41) is 4.10. The largest absolute Gasteiger partial charge is 0.477 e. The Morgan fingerprint density at radius 2 is 2.19 bits per heavy atom. The lowest BCUT2D eigenvalue weighted by Gasteiger charge is -2.58. The van der Waals surface area contributed by atoms with Crippen LogP contribution in [0, 0.1) is 5.92 Å². The van der Waals surface area contributed by atoms with Crippen molar-refractivity contribution in [3.8, 4) is 5.88 Å². The number of likely N-dealkylation sites (N-methyl/N-ethyl adjacent to an activating group) is 1. The topological polar surface area (TPSA) is 63.5 Å². The lowest BCUT2D eigenvalue weighted by Crippen LogP contribution is -2.72. The highest BCUT2D eigenvalue weighted by molar-refractivity contribution is 5.94. The monoisotopic (exact) mass is 355 g/mol. The van der Waals surface area contributed by atoms with E-state index in [1.54, 1.807) is 23.3 Å². The molecule has 7 heteroatoms. The van der Waals surface area contributed by atoms with Crippen molar-refractivity contribution in [1.29, 1.82) is 0 Å². The first kappa shape index (κ1) is 17.0. The molecule has 2 aromatic rings. The maximum atomic E-state index is 12.6. The quantitative estimate of drug-likeness (QED) is 0.830. The molecule has 4 rings (SSSR count). The van der Waals surface area contributed by atoms with Crippen molar-refractivity contribution in [3.05, 3.63) is 42.4 Å². The number of aryl methyl sites for hydroxylation is 1. The van der Waals surface area contributed by atoms with E-state index in [0.717, 1.165) is 32.5 Å². The van der Waals surface area contributed by atoms with Gasteiger partial charge in [0.2, 0.25) is 5.88 Å². The maximum Gasteiger partial charge on any atom is 0.257 e. The zero-order valence-electron chi connectivity index (χ0n) is 15.3. The van der Waals surface area contributed by atoms with Crippen molar-refractivity contribution < 1.29 is 9.53 Å². The normalized spacial score (nSPS) is 22.2. The fourth-order valence-corrected chi connectivity index (χ4v) is 4.08. The first-order valence-corrected chi connectivity index (χ1v) is 9.09. The summed E-state index contributed by atoms with van der Waals surface area (Å²) in [6, 6.07) is 5.72. The van der Waals surface area contributed by atoms with Gasteiger partial charge in [0.1, 0.15) is 0 Å². The third kappa shape index (κ3) is 3.19. The van der Waals surface area contributed by atoms with Crippen LogP contribution < -0.4 is 4.74 Å². The summed E-state index contributed by atoms with van der Waals surface area (Å²) >= 11 is 0. The van der Waals surface area contributed by atoms with E-state index in [1.807, 2.05) is 30.1 Å². The van der Waals surface area contributed by atoms with Crippen molar-refractivity contribution in [2.75, 3.05) is 33.3 Å². The fraction of sp³-hybridized carbons (Fsp3) is 0.526. The molecule has 2 aromatic heterocycles. The molecule has 26 heavy (non-hydrogen) atoms. The Hall–Kier alpha value is -2.41. The van der Waals surface area contributed by atoms with Crippen molar-refractivity contribution in [2.24, 2.45) is 13.0 Å². The van der Waals surface area contributed by atoms with Gasteiger partial charge in [-0.1, -0.05) is 6.07 Å². The highest BCUT2D eigenvalue weighted by Gasteiger charge is 2.51. The molecule has 0 unspecified atom stereocenters. The minimum absolute atomic E-state index is 0.0731. The average molecular weight is 355 g/mol. The van der Waals surface area contributed by atoms with Crippen LogP contribution in [0.15, 0.2) is 36.8 Å². The number of likely N-dealkylation sites (tertiary alicyclic amines) is 2. The summed E-state index contributed by atoms with van der Waals surface area (Å²) in [6.07, 6.45) is 7.33. The molecule has 0 N–H and O–H groups in total. The van der Waals surface area contributed by atoms with Crippen LogP contribution in [0.2, 0.25) is 0 Å². The van der Waals surface area contributed by atoms with Crippen LogP contribution in [0.25, 0.3) is 0 Å². The molecule has 2 aliphatic rings. The first-order valence-electron chi connectivity index (χ1n) is 9.09. The van der Waals surface area contributed by atoms with Crippen LogP contribution in [0.5, 0.6) is 5.88 Å². The summed E-state index contributed by atoms with van der Waals surface area (Å²) in [7, 11) is 4.00. The van der Waals surface area contributed by atoms with Crippen molar-refractivity contribution in [2.45, 2.75) is 18.4 Å². The van der Waals surface area contributed by atoms with Gasteiger partial charge in [0.25, 0.3) is 5.91 Å². The number of aromatic nitrogens is 3. The van der Waals surface area contributed by atoms with Crippen LogP contribution in [-0.2, 0) is 7.05 Å². The van der Waals surface area contributed by atoms with E-state index < -0.39 is 0 Å². The van der Waals surface area contributed by atoms with Gasteiger partial charge < -0.3 is 9.64 Å². The minimum atomic E-state index is 0.0731. The number of pyridine rings is 1. The van der Waals surface area contributed by atoms with Crippen LogP contribution >= 0.6 is 0 Å². The van der Waals surface area contributed by atoms with Gasteiger partial charge in [0, 0.05) is 38.6 Å². The summed E-state index contributed by atoms with van der Waals surface area (Å²) < 4.78 is 7.53. The van der Waals surface area contributed by atoms with Crippen molar-refractivity contribution in [3.63, 3.8) is 0 Å². The Kier molecular flexibility index (Phi) is 4.40. The van der Waals surface area contributed by atoms with Crippen molar-refractivity contribution in [1.82, 2.24) is 24.6 Å².